The Morgan fingerprint density at radius 3 is 1.83 bits per heavy atom. The fourth-order valence-electron chi connectivity index (χ4n) is 0.777. The quantitative estimate of drug-likeness (QED) is 0.646. The van der Waals surface area contributed by atoms with Crippen molar-refractivity contribution >= 4 is 40.3 Å². The van der Waals surface area contributed by atoms with Gasteiger partial charge in [0.05, 0.1) is 0 Å². The Morgan fingerprint density at radius 2 is 1.67 bits per heavy atom. The van der Waals surface area contributed by atoms with Gasteiger partial charge in [-0.2, -0.15) is 0 Å². The van der Waals surface area contributed by atoms with Crippen LogP contribution in [0.2, 0.25) is 0 Å². The van der Waals surface area contributed by atoms with E-state index in [-0.39, 0.29) is 12.4 Å². The Bertz CT molecular complexity index is 113. The first kappa shape index (κ1) is 15.0. The first-order chi connectivity index (χ1) is 5.13. The molecule has 0 spiro atoms. The van der Waals surface area contributed by atoms with Crippen LogP contribution in [-0.4, -0.2) is 42.8 Å². The predicted octanol–water partition coefficient (Wildman–Crippen LogP) is 1.53. The molecule has 0 atom stereocenters. The van der Waals surface area contributed by atoms with Crippen LogP contribution in [-0.2, 0) is 0 Å². The van der Waals surface area contributed by atoms with Crippen LogP contribution in [0.4, 0.5) is 4.79 Å². The molecule has 1 aliphatic rings. The number of carbonyl (C=O) groups is 1. The SMILES string of the molecule is CN1CCNCC1.Cl.O=C(Cl)Cl. The molecule has 12 heavy (non-hydrogen) atoms. The third-order valence-electron chi connectivity index (χ3n) is 1.34. The Hall–Kier alpha value is 0.460. The normalized spacial score (nSPS) is 16.9. The number of hydrogen-bond donors (Lipinski definition) is 1. The lowest BCUT2D eigenvalue weighted by Crippen LogP contribution is -2.40. The van der Waals surface area contributed by atoms with E-state index in [1.165, 1.54) is 13.1 Å². The standard InChI is InChI=1S/C5H12N2.CCl2O.ClH/c1-7-4-2-6-3-5-7;2-1(3)4;/h6H,2-5H2,1H3;;1H. The van der Waals surface area contributed by atoms with E-state index in [0.717, 1.165) is 13.1 Å². The molecular weight excluding hydrogens is 222 g/mol. The molecule has 0 unspecified atom stereocenters. The van der Waals surface area contributed by atoms with Gasteiger partial charge < -0.3 is 10.2 Å². The molecular formula is C6H13Cl3N2O. The largest absolute Gasteiger partial charge is 0.314 e. The lowest BCUT2D eigenvalue weighted by Gasteiger charge is -2.21. The molecule has 1 aliphatic heterocycles. The van der Waals surface area contributed by atoms with Crippen LogP contribution >= 0.6 is 35.6 Å². The molecule has 0 bridgehead atoms. The maximum absolute atomic E-state index is 8.98. The molecule has 0 aromatic heterocycles. The van der Waals surface area contributed by atoms with Crippen molar-refractivity contribution in [1.82, 2.24) is 10.2 Å². The van der Waals surface area contributed by atoms with Crippen molar-refractivity contribution in [2.24, 2.45) is 0 Å². The van der Waals surface area contributed by atoms with Crippen LogP contribution in [0.25, 0.3) is 0 Å². The number of hydrogen-bond acceptors (Lipinski definition) is 3. The summed E-state index contributed by atoms with van der Waals surface area (Å²) in [6.07, 6.45) is 0. The van der Waals surface area contributed by atoms with Crippen LogP contribution in [0.1, 0.15) is 0 Å². The Labute approximate surface area is 88.8 Å². The number of likely N-dealkylation sites (N-methyl/N-ethyl adjacent to an activating group) is 1. The van der Waals surface area contributed by atoms with Crippen molar-refractivity contribution in [2.45, 2.75) is 0 Å². The van der Waals surface area contributed by atoms with E-state index in [2.05, 4.69) is 40.5 Å². The van der Waals surface area contributed by atoms with Crippen molar-refractivity contribution in [3.05, 3.63) is 0 Å². The fraction of sp³-hybridized carbons (Fsp3) is 0.833. The fourth-order valence-corrected chi connectivity index (χ4v) is 0.777. The van der Waals surface area contributed by atoms with E-state index in [0.29, 0.717) is 0 Å². The zero-order valence-electron chi connectivity index (χ0n) is 6.85. The zero-order valence-corrected chi connectivity index (χ0v) is 9.18. The molecule has 1 N–H and O–H groups in total. The van der Waals surface area contributed by atoms with Gasteiger partial charge in [-0.1, -0.05) is 0 Å². The highest BCUT2D eigenvalue weighted by molar-refractivity contribution is 6.93. The van der Waals surface area contributed by atoms with Gasteiger partial charge in [0.1, 0.15) is 0 Å². The van der Waals surface area contributed by atoms with Gasteiger partial charge in [-0.3, -0.25) is 4.79 Å². The van der Waals surface area contributed by atoms with Crippen LogP contribution < -0.4 is 5.32 Å². The van der Waals surface area contributed by atoms with Gasteiger partial charge >= 0.3 is 4.70 Å². The van der Waals surface area contributed by atoms with Gasteiger partial charge in [0.2, 0.25) is 0 Å². The molecule has 74 valence electrons. The van der Waals surface area contributed by atoms with Gasteiger partial charge in [0.25, 0.3) is 0 Å². The van der Waals surface area contributed by atoms with E-state index in [4.69, 9.17) is 4.79 Å². The summed E-state index contributed by atoms with van der Waals surface area (Å²) in [5.74, 6) is 0. The minimum Gasteiger partial charge on any atom is -0.314 e. The molecule has 1 heterocycles. The molecule has 1 fully saturated rings. The minimum atomic E-state index is -0.889. The van der Waals surface area contributed by atoms with Crippen molar-refractivity contribution < 1.29 is 4.79 Å². The molecule has 0 aliphatic carbocycles. The third-order valence-corrected chi connectivity index (χ3v) is 1.34. The molecule has 1 saturated heterocycles. The molecule has 0 aromatic carbocycles. The van der Waals surface area contributed by atoms with Crippen molar-refractivity contribution in [3.63, 3.8) is 0 Å². The minimum absolute atomic E-state index is 0. The number of carbonyl (C=O) groups excluding carboxylic acids is 1. The molecule has 0 saturated carbocycles. The number of rotatable bonds is 0. The van der Waals surface area contributed by atoms with E-state index >= 15 is 0 Å². The molecule has 0 radical (unpaired) electrons. The topological polar surface area (TPSA) is 32.3 Å². The van der Waals surface area contributed by atoms with Crippen molar-refractivity contribution in [3.8, 4) is 0 Å². The van der Waals surface area contributed by atoms with E-state index < -0.39 is 4.70 Å². The summed E-state index contributed by atoms with van der Waals surface area (Å²) >= 11 is 8.80. The number of piperazine rings is 1. The average molecular weight is 236 g/mol. The van der Waals surface area contributed by atoms with Crippen LogP contribution in [0.3, 0.4) is 0 Å². The third kappa shape index (κ3) is 13.1. The predicted molar refractivity (Wildman–Crippen MR) is 54.7 cm³/mol. The van der Waals surface area contributed by atoms with Crippen LogP contribution in [0.5, 0.6) is 0 Å². The number of nitrogens with one attached hydrogen (secondary N) is 1. The highest BCUT2D eigenvalue weighted by Gasteiger charge is 2.01. The molecule has 3 nitrogen and oxygen atoms in total. The van der Waals surface area contributed by atoms with Crippen molar-refractivity contribution in [1.29, 1.82) is 0 Å². The van der Waals surface area contributed by atoms with Gasteiger partial charge in [-0.05, 0) is 30.2 Å². The second kappa shape index (κ2) is 9.55. The maximum atomic E-state index is 8.98. The van der Waals surface area contributed by atoms with E-state index in [9.17, 15) is 0 Å². The summed E-state index contributed by atoms with van der Waals surface area (Å²) in [6.45, 7) is 4.74. The zero-order chi connectivity index (χ0) is 8.69. The Kier molecular flexibility index (Phi) is 11.9. The second-order valence-corrected chi connectivity index (χ2v) is 3.16. The summed E-state index contributed by atoms with van der Waals surface area (Å²) in [5, 5.41) is 3.27. The van der Waals surface area contributed by atoms with Crippen molar-refractivity contribution in [2.75, 3.05) is 33.2 Å². The van der Waals surface area contributed by atoms with Crippen LogP contribution in [0.15, 0.2) is 0 Å². The smallest absolute Gasteiger partial charge is 0.313 e. The average Bonchev–Trinajstić information content (AvgIpc) is 1.87. The Morgan fingerprint density at radius 1 is 1.33 bits per heavy atom. The lowest BCUT2D eigenvalue weighted by atomic mass is 10.4. The second-order valence-electron chi connectivity index (χ2n) is 2.28. The first-order valence-corrected chi connectivity index (χ1v) is 4.12. The molecule has 1 rings (SSSR count). The van der Waals surface area contributed by atoms with E-state index in [1.54, 1.807) is 0 Å². The summed E-state index contributed by atoms with van der Waals surface area (Å²) in [6, 6.07) is 0. The number of nitrogens with zero attached hydrogens (tertiary/aromatic N) is 1. The molecule has 6 heteroatoms. The number of halogens is 3. The summed E-state index contributed by atoms with van der Waals surface area (Å²) in [4.78, 5) is 11.3. The van der Waals surface area contributed by atoms with E-state index in [1.807, 2.05) is 0 Å². The summed E-state index contributed by atoms with van der Waals surface area (Å²) in [7, 11) is 2.15. The van der Waals surface area contributed by atoms with Gasteiger partial charge in [-0.25, -0.2) is 0 Å². The highest BCUT2D eigenvalue weighted by atomic mass is 35.5. The summed E-state index contributed by atoms with van der Waals surface area (Å²) < 4.78 is -0.889. The van der Waals surface area contributed by atoms with Crippen LogP contribution in [0, 0.1) is 0 Å². The first-order valence-electron chi connectivity index (χ1n) is 3.37. The van der Waals surface area contributed by atoms with Gasteiger partial charge in [0, 0.05) is 26.2 Å². The highest BCUT2D eigenvalue weighted by Crippen LogP contribution is 1.84. The lowest BCUT2D eigenvalue weighted by molar-refractivity contribution is 0.275. The van der Waals surface area contributed by atoms with Gasteiger partial charge in [0.15, 0.2) is 0 Å². The maximum Gasteiger partial charge on any atom is 0.313 e. The summed E-state index contributed by atoms with van der Waals surface area (Å²) in [5.41, 5.74) is 0. The molecule has 0 amide bonds. The monoisotopic (exact) mass is 234 g/mol. The molecule has 0 aromatic rings. The Balaban J connectivity index is 0. The van der Waals surface area contributed by atoms with Gasteiger partial charge in [-0.15, -0.1) is 12.4 Å².